The summed E-state index contributed by atoms with van der Waals surface area (Å²) in [5.41, 5.74) is -0.744. The van der Waals surface area contributed by atoms with E-state index in [1.165, 1.54) is 22.8 Å². The van der Waals surface area contributed by atoms with Crippen molar-refractivity contribution in [2.75, 3.05) is 19.3 Å². The third-order valence-electron chi connectivity index (χ3n) is 5.62. The highest BCUT2D eigenvalue weighted by atomic mass is 32.2. The van der Waals surface area contributed by atoms with E-state index in [0.717, 1.165) is 6.20 Å². The Labute approximate surface area is 161 Å². The second kappa shape index (κ2) is 6.59. The van der Waals surface area contributed by atoms with Crippen LogP contribution in [0.5, 0.6) is 0 Å². The molecule has 2 aliphatic rings. The molecule has 2 aromatic heterocycles. The summed E-state index contributed by atoms with van der Waals surface area (Å²) in [5, 5.41) is 6.71. The maximum atomic E-state index is 13.8. The highest BCUT2D eigenvalue weighted by Gasteiger charge is 2.59. The predicted molar refractivity (Wildman–Crippen MR) is 95.3 cm³/mol. The van der Waals surface area contributed by atoms with Crippen LogP contribution in [0.4, 0.5) is 4.39 Å². The number of rotatable bonds is 4. The number of hydrogen-bond donors (Lipinski definition) is 1. The molecule has 150 valence electrons. The van der Waals surface area contributed by atoms with Gasteiger partial charge < -0.3 is 9.84 Å². The average Bonchev–Trinajstić information content (AvgIpc) is 3.27. The van der Waals surface area contributed by atoms with Gasteiger partial charge in [0.1, 0.15) is 0 Å². The van der Waals surface area contributed by atoms with Crippen LogP contribution in [-0.4, -0.2) is 59.1 Å². The van der Waals surface area contributed by atoms with Gasteiger partial charge in [0.15, 0.2) is 11.6 Å². The molecule has 9 nitrogen and oxygen atoms in total. The summed E-state index contributed by atoms with van der Waals surface area (Å²) in [6.45, 7) is 2.23. The van der Waals surface area contributed by atoms with Crippen LogP contribution in [0.3, 0.4) is 0 Å². The van der Waals surface area contributed by atoms with Crippen molar-refractivity contribution in [1.29, 1.82) is 0 Å². The SMILES string of the molecule is Cc1noc([C@]23C[C@H](NC(=O)c4ccncc4F)CC2CN(S(C)(=O)=O)C3)n1. The number of nitrogens with zero attached hydrogens (tertiary/aromatic N) is 4. The van der Waals surface area contributed by atoms with Crippen LogP contribution in [0.25, 0.3) is 0 Å². The van der Waals surface area contributed by atoms with Crippen molar-refractivity contribution >= 4 is 15.9 Å². The summed E-state index contributed by atoms with van der Waals surface area (Å²) >= 11 is 0. The Kier molecular flexibility index (Phi) is 4.46. The molecule has 1 saturated carbocycles. The van der Waals surface area contributed by atoms with Crippen LogP contribution in [0.2, 0.25) is 0 Å². The van der Waals surface area contributed by atoms with Gasteiger partial charge in [0.05, 0.1) is 23.4 Å². The first-order valence-electron chi connectivity index (χ1n) is 8.85. The van der Waals surface area contributed by atoms with E-state index in [-0.39, 0.29) is 24.1 Å². The number of aryl methyl sites for hydroxylation is 1. The number of aromatic nitrogens is 3. The van der Waals surface area contributed by atoms with Crippen LogP contribution >= 0.6 is 0 Å². The molecular weight excluding hydrogens is 389 g/mol. The van der Waals surface area contributed by atoms with E-state index in [1.807, 2.05) is 0 Å². The first kappa shape index (κ1) is 18.9. The predicted octanol–water partition coefficient (Wildman–Crippen LogP) is 0.634. The molecule has 1 saturated heterocycles. The Morgan fingerprint density at radius 3 is 2.89 bits per heavy atom. The van der Waals surface area contributed by atoms with Gasteiger partial charge in [-0.3, -0.25) is 9.78 Å². The van der Waals surface area contributed by atoms with Gasteiger partial charge in [-0.25, -0.2) is 17.1 Å². The lowest BCUT2D eigenvalue weighted by Gasteiger charge is -2.24. The fourth-order valence-corrected chi connectivity index (χ4v) is 5.26. The number of sulfonamides is 1. The molecule has 4 rings (SSSR count). The molecule has 1 aliphatic heterocycles. The average molecular weight is 409 g/mol. The van der Waals surface area contributed by atoms with E-state index in [1.54, 1.807) is 6.92 Å². The summed E-state index contributed by atoms with van der Waals surface area (Å²) in [4.78, 5) is 20.5. The summed E-state index contributed by atoms with van der Waals surface area (Å²) in [6, 6.07) is 1.06. The molecule has 1 aliphatic carbocycles. The fraction of sp³-hybridized carbons (Fsp3) is 0.529. The van der Waals surface area contributed by atoms with E-state index in [9.17, 15) is 17.6 Å². The molecule has 0 spiro atoms. The van der Waals surface area contributed by atoms with Gasteiger partial charge in [0, 0.05) is 25.3 Å². The molecule has 0 radical (unpaired) electrons. The zero-order valence-electron chi connectivity index (χ0n) is 15.4. The Morgan fingerprint density at radius 1 is 1.46 bits per heavy atom. The van der Waals surface area contributed by atoms with Crippen LogP contribution in [-0.2, 0) is 15.4 Å². The second-order valence-corrected chi connectivity index (χ2v) is 9.50. The summed E-state index contributed by atoms with van der Waals surface area (Å²) in [6.07, 6.45) is 4.49. The first-order valence-corrected chi connectivity index (χ1v) is 10.7. The molecule has 0 aromatic carbocycles. The minimum Gasteiger partial charge on any atom is -0.349 e. The van der Waals surface area contributed by atoms with Crippen molar-refractivity contribution in [3.8, 4) is 0 Å². The van der Waals surface area contributed by atoms with Crippen molar-refractivity contribution in [3.63, 3.8) is 0 Å². The highest BCUT2D eigenvalue weighted by molar-refractivity contribution is 7.88. The number of amides is 1. The first-order chi connectivity index (χ1) is 13.2. The molecule has 1 amide bonds. The van der Waals surface area contributed by atoms with Gasteiger partial charge in [-0.2, -0.15) is 4.98 Å². The molecule has 28 heavy (non-hydrogen) atoms. The maximum Gasteiger partial charge on any atom is 0.254 e. The van der Waals surface area contributed by atoms with Crippen LogP contribution in [0.1, 0.15) is 34.9 Å². The minimum atomic E-state index is -3.37. The lowest BCUT2D eigenvalue weighted by Crippen LogP contribution is -2.39. The third-order valence-corrected chi connectivity index (χ3v) is 6.83. The lowest BCUT2D eigenvalue weighted by molar-refractivity contribution is 0.0930. The van der Waals surface area contributed by atoms with Gasteiger partial charge in [-0.1, -0.05) is 5.16 Å². The summed E-state index contributed by atoms with van der Waals surface area (Å²) < 4.78 is 44.8. The Morgan fingerprint density at radius 2 is 2.25 bits per heavy atom. The maximum absolute atomic E-state index is 13.8. The highest BCUT2D eigenvalue weighted by Crippen LogP contribution is 2.50. The number of hydrogen-bond acceptors (Lipinski definition) is 7. The fourth-order valence-electron chi connectivity index (χ4n) is 4.34. The largest absolute Gasteiger partial charge is 0.349 e. The normalized spacial score (nSPS) is 27.7. The van der Waals surface area contributed by atoms with E-state index in [4.69, 9.17) is 4.52 Å². The van der Waals surface area contributed by atoms with E-state index >= 15 is 0 Å². The van der Waals surface area contributed by atoms with Crippen molar-refractivity contribution in [2.24, 2.45) is 5.92 Å². The van der Waals surface area contributed by atoms with Crippen LogP contribution in [0, 0.1) is 18.7 Å². The topological polar surface area (TPSA) is 118 Å². The Bertz CT molecular complexity index is 1030. The minimum absolute atomic E-state index is 0.0764. The summed E-state index contributed by atoms with van der Waals surface area (Å²) in [7, 11) is -3.37. The second-order valence-electron chi connectivity index (χ2n) is 7.52. The smallest absolute Gasteiger partial charge is 0.254 e. The quantitative estimate of drug-likeness (QED) is 0.787. The molecule has 2 aromatic rings. The molecule has 1 unspecified atom stereocenters. The van der Waals surface area contributed by atoms with Gasteiger partial charge in [0.2, 0.25) is 15.9 Å². The van der Waals surface area contributed by atoms with Gasteiger partial charge in [0.25, 0.3) is 5.91 Å². The Hall–Kier alpha value is -2.40. The van der Waals surface area contributed by atoms with Crippen molar-refractivity contribution in [1.82, 2.24) is 24.7 Å². The number of pyridine rings is 1. The number of carbonyl (C=O) groups excluding carboxylic acids is 1. The number of fused-ring (bicyclic) bond motifs is 1. The van der Waals surface area contributed by atoms with Crippen molar-refractivity contribution in [3.05, 3.63) is 41.6 Å². The van der Waals surface area contributed by atoms with Gasteiger partial charge in [-0.15, -0.1) is 0 Å². The van der Waals surface area contributed by atoms with Crippen molar-refractivity contribution < 1.29 is 22.1 Å². The zero-order valence-corrected chi connectivity index (χ0v) is 16.2. The van der Waals surface area contributed by atoms with E-state index in [0.29, 0.717) is 31.1 Å². The molecule has 1 N–H and O–H groups in total. The summed E-state index contributed by atoms with van der Waals surface area (Å²) in [5.74, 6) is -0.458. The van der Waals surface area contributed by atoms with Gasteiger partial charge >= 0.3 is 0 Å². The molecule has 0 bridgehead atoms. The van der Waals surface area contributed by atoms with Gasteiger partial charge in [-0.05, 0) is 31.7 Å². The number of halogens is 1. The van der Waals surface area contributed by atoms with Crippen LogP contribution < -0.4 is 5.32 Å². The standard InChI is InChI=1S/C17H20FN5O4S/c1-10-20-16(27-22-10)17-6-12(5-11(17)8-23(9-17)28(2,25)26)21-15(24)13-3-4-19-7-14(13)18/h3-4,7,11-12H,5-6,8-9H2,1-2H3,(H,21,24)/t11?,12-,17+/m1/s1. The van der Waals surface area contributed by atoms with E-state index < -0.39 is 27.2 Å². The molecule has 3 atom stereocenters. The third kappa shape index (κ3) is 3.18. The lowest BCUT2D eigenvalue weighted by atomic mass is 9.80. The van der Waals surface area contributed by atoms with Crippen LogP contribution in [0.15, 0.2) is 23.0 Å². The Balaban J connectivity index is 1.59. The number of carbonyl (C=O) groups is 1. The number of nitrogens with one attached hydrogen (secondary N) is 1. The van der Waals surface area contributed by atoms with E-state index in [2.05, 4.69) is 20.4 Å². The molecule has 2 fully saturated rings. The monoisotopic (exact) mass is 409 g/mol. The van der Waals surface area contributed by atoms with Crippen molar-refractivity contribution in [2.45, 2.75) is 31.2 Å². The molecular formula is C17H20FN5O4S. The molecule has 11 heteroatoms. The molecule has 3 heterocycles. The zero-order chi connectivity index (χ0) is 20.1.